The van der Waals surface area contributed by atoms with Crippen molar-refractivity contribution in [1.82, 2.24) is 15.2 Å². The summed E-state index contributed by atoms with van der Waals surface area (Å²) in [4.78, 5) is 17.9. The summed E-state index contributed by atoms with van der Waals surface area (Å²) < 4.78 is 0. The highest BCUT2D eigenvalue weighted by atomic mass is 16.1. The van der Waals surface area contributed by atoms with Crippen molar-refractivity contribution in [3.8, 4) is 0 Å². The zero-order valence-electron chi connectivity index (χ0n) is 9.35. The first-order valence-electron chi connectivity index (χ1n) is 5.77. The minimum absolute atomic E-state index is 0.0349. The fraction of sp³-hybridized carbons (Fsp3) is 0.500. The van der Waals surface area contributed by atoms with Crippen LogP contribution >= 0.6 is 0 Å². The summed E-state index contributed by atoms with van der Waals surface area (Å²) in [6.07, 6.45) is 5.83. The molecule has 2 rings (SSSR count). The van der Waals surface area contributed by atoms with Gasteiger partial charge in [-0.25, -0.2) is 0 Å². The lowest BCUT2D eigenvalue weighted by molar-refractivity contribution is 0.0949. The Morgan fingerprint density at radius 2 is 2.25 bits per heavy atom. The summed E-state index contributed by atoms with van der Waals surface area (Å²) >= 11 is 0. The lowest BCUT2D eigenvalue weighted by Crippen LogP contribution is -2.33. The predicted molar refractivity (Wildman–Crippen MR) is 62.2 cm³/mol. The summed E-state index contributed by atoms with van der Waals surface area (Å²) in [5, 5.41) is 2.91. The highest BCUT2D eigenvalue weighted by Gasteiger charge is 2.11. The second kappa shape index (κ2) is 5.61. The molecule has 4 nitrogen and oxygen atoms in total. The van der Waals surface area contributed by atoms with Gasteiger partial charge in [0, 0.05) is 25.5 Å². The zero-order valence-corrected chi connectivity index (χ0v) is 9.35. The van der Waals surface area contributed by atoms with E-state index in [2.05, 4.69) is 15.2 Å². The Morgan fingerprint density at radius 1 is 1.44 bits per heavy atom. The third-order valence-corrected chi connectivity index (χ3v) is 2.84. The lowest BCUT2D eigenvalue weighted by Gasteiger charge is -2.14. The fourth-order valence-electron chi connectivity index (χ4n) is 1.93. The van der Waals surface area contributed by atoms with Gasteiger partial charge < -0.3 is 10.2 Å². The number of hydrogen-bond donors (Lipinski definition) is 1. The van der Waals surface area contributed by atoms with E-state index in [-0.39, 0.29) is 5.91 Å². The van der Waals surface area contributed by atoms with Gasteiger partial charge in [-0.2, -0.15) is 0 Å². The molecule has 4 heteroatoms. The SMILES string of the molecule is O=C(NCCN1CCCC1)c1cccnc1. The van der Waals surface area contributed by atoms with E-state index in [1.54, 1.807) is 24.5 Å². The van der Waals surface area contributed by atoms with E-state index in [9.17, 15) is 4.79 Å². The van der Waals surface area contributed by atoms with Crippen LogP contribution in [-0.2, 0) is 0 Å². The van der Waals surface area contributed by atoms with E-state index < -0.39 is 0 Å². The first kappa shape index (κ1) is 11.1. The summed E-state index contributed by atoms with van der Waals surface area (Å²) in [6, 6.07) is 3.55. The van der Waals surface area contributed by atoms with Crippen molar-refractivity contribution in [2.24, 2.45) is 0 Å². The first-order chi connectivity index (χ1) is 7.86. The molecule has 0 radical (unpaired) electrons. The molecular weight excluding hydrogens is 202 g/mol. The van der Waals surface area contributed by atoms with Crippen molar-refractivity contribution < 1.29 is 4.79 Å². The van der Waals surface area contributed by atoms with Gasteiger partial charge in [0.15, 0.2) is 0 Å². The van der Waals surface area contributed by atoms with Crippen LogP contribution in [0, 0.1) is 0 Å². The van der Waals surface area contributed by atoms with Crippen LogP contribution in [0.3, 0.4) is 0 Å². The Hall–Kier alpha value is -1.42. The van der Waals surface area contributed by atoms with E-state index in [1.165, 1.54) is 25.9 Å². The number of hydrogen-bond acceptors (Lipinski definition) is 3. The normalized spacial score (nSPS) is 16.2. The Morgan fingerprint density at radius 3 is 2.94 bits per heavy atom. The van der Waals surface area contributed by atoms with E-state index in [0.29, 0.717) is 12.1 Å². The maximum absolute atomic E-state index is 11.6. The molecule has 1 amide bonds. The topological polar surface area (TPSA) is 45.2 Å². The van der Waals surface area contributed by atoms with Gasteiger partial charge >= 0.3 is 0 Å². The van der Waals surface area contributed by atoms with Crippen LogP contribution in [0.15, 0.2) is 24.5 Å². The van der Waals surface area contributed by atoms with Crippen molar-refractivity contribution in [1.29, 1.82) is 0 Å². The highest BCUT2D eigenvalue weighted by molar-refractivity contribution is 5.93. The molecule has 0 saturated carbocycles. The van der Waals surface area contributed by atoms with Gasteiger partial charge in [-0.3, -0.25) is 9.78 Å². The van der Waals surface area contributed by atoms with Crippen LogP contribution in [0.2, 0.25) is 0 Å². The predicted octanol–water partition coefficient (Wildman–Crippen LogP) is 0.907. The number of carbonyl (C=O) groups is 1. The van der Waals surface area contributed by atoms with E-state index in [0.717, 1.165) is 6.54 Å². The maximum atomic E-state index is 11.6. The van der Waals surface area contributed by atoms with E-state index >= 15 is 0 Å². The largest absolute Gasteiger partial charge is 0.351 e. The van der Waals surface area contributed by atoms with Crippen molar-refractivity contribution in [2.45, 2.75) is 12.8 Å². The summed E-state index contributed by atoms with van der Waals surface area (Å²) in [5.74, 6) is -0.0349. The van der Waals surface area contributed by atoms with Gasteiger partial charge in [0.25, 0.3) is 5.91 Å². The number of amides is 1. The van der Waals surface area contributed by atoms with Crippen molar-refractivity contribution in [2.75, 3.05) is 26.2 Å². The molecule has 1 N–H and O–H groups in total. The second-order valence-corrected chi connectivity index (χ2v) is 4.05. The molecule has 1 aliphatic rings. The van der Waals surface area contributed by atoms with Crippen LogP contribution in [0.1, 0.15) is 23.2 Å². The summed E-state index contributed by atoms with van der Waals surface area (Å²) in [5.41, 5.74) is 0.629. The van der Waals surface area contributed by atoms with Gasteiger partial charge in [0.1, 0.15) is 0 Å². The quantitative estimate of drug-likeness (QED) is 0.818. The molecular formula is C12H17N3O. The number of nitrogens with zero attached hydrogens (tertiary/aromatic N) is 2. The Kier molecular flexibility index (Phi) is 3.88. The average molecular weight is 219 g/mol. The maximum Gasteiger partial charge on any atom is 0.252 e. The van der Waals surface area contributed by atoms with Crippen molar-refractivity contribution >= 4 is 5.91 Å². The number of pyridine rings is 1. The lowest BCUT2D eigenvalue weighted by atomic mass is 10.3. The van der Waals surface area contributed by atoms with Crippen molar-refractivity contribution in [3.05, 3.63) is 30.1 Å². The Balaban J connectivity index is 1.71. The number of carbonyl (C=O) groups excluding carboxylic acids is 1. The summed E-state index contributed by atoms with van der Waals surface area (Å²) in [7, 11) is 0. The number of likely N-dealkylation sites (tertiary alicyclic amines) is 1. The molecule has 0 unspecified atom stereocenters. The molecule has 1 aromatic heterocycles. The average Bonchev–Trinajstić information content (AvgIpc) is 2.83. The van der Waals surface area contributed by atoms with Gasteiger partial charge in [0.05, 0.1) is 5.56 Å². The molecule has 1 fully saturated rings. The molecule has 0 bridgehead atoms. The Labute approximate surface area is 95.7 Å². The molecule has 0 aromatic carbocycles. The van der Waals surface area contributed by atoms with Gasteiger partial charge in [-0.15, -0.1) is 0 Å². The van der Waals surface area contributed by atoms with Gasteiger partial charge in [-0.1, -0.05) is 0 Å². The Bertz CT molecular complexity index is 333. The van der Waals surface area contributed by atoms with Crippen LogP contribution in [0.4, 0.5) is 0 Å². The molecule has 2 heterocycles. The van der Waals surface area contributed by atoms with E-state index in [1.807, 2.05) is 0 Å². The van der Waals surface area contributed by atoms with E-state index in [4.69, 9.17) is 0 Å². The smallest absolute Gasteiger partial charge is 0.252 e. The van der Waals surface area contributed by atoms with Crippen LogP contribution in [-0.4, -0.2) is 42.0 Å². The zero-order chi connectivity index (χ0) is 11.2. The molecule has 0 atom stereocenters. The number of aromatic nitrogens is 1. The fourth-order valence-corrected chi connectivity index (χ4v) is 1.93. The molecule has 16 heavy (non-hydrogen) atoms. The molecule has 1 aromatic rings. The molecule has 0 aliphatic carbocycles. The standard InChI is InChI=1S/C12H17N3O/c16-12(11-4-3-5-13-10-11)14-6-9-15-7-1-2-8-15/h3-5,10H,1-2,6-9H2,(H,14,16). The molecule has 1 saturated heterocycles. The third kappa shape index (κ3) is 3.03. The minimum Gasteiger partial charge on any atom is -0.351 e. The third-order valence-electron chi connectivity index (χ3n) is 2.84. The van der Waals surface area contributed by atoms with Crippen LogP contribution in [0.5, 0.6) is 0 Å². The minimum atomic E-state index is -0.0349. The highest BCUT2D eigenvalue weighted by Crippen LogP contribution is 2.05. The molecule has 1 aliphatic heterocycles. The number of nitrogens with one attached hydrogen (secondary N) is 1. The molecule has 86 valence electrons. The van der Waals surface area contributed by atoms with Gasteiger partial charge in [-0.05, 0) is 38.1 Å². The first-order valence-corrected chi connectivity index (χ1v) is 5.77. The molecule has 0 spiro atoms. The van der Waals surface area contributed by atoms with Crippen LogP contribution < -0.4 is 5.32 Å². The second-order valence-electron chi connectivity index (χ2n) is 4.05. The van der Waals surface area contributed by atoms with Crippen molar-refractivity contribution in [3.63, 3.8) is 0 Å². The number of rotatable bonds is 4. The monoisotopic (exact) mass is 219 g/mol. The summed E-state index contributed by atoms with van der Waals surface area (Å²) in [6.45, 7) is 4.01. The van der Waals surface area contributed by atoms with Crippen LogP contribution in [0.25, 0.3) is 0 Å². The van der Waals surface area contributed by atoms with Gasteiger partial charge in [0.2, 0.25) is 0 Å².